The predicted octanol–water partition coefficient (Wildman–Crippen LogP) is 0.639. The Balaban J connectivity index is 1.96. The van der Waals surface area contributed by atoms with E-state index in [0.29, 0.717) is 24.2 Å². The quantitative estimate of drug-likeness (QED) is 0.841. The minimum Gasteiger partial charge on any atom is -0.390 e. The summed E-state index contributed by atoms with van der Waals surface area (Å²) in [5.74, 6) is -0.109. The van der Waals surface area contributed by atoms with Crippen molar-refractivity contribution in [3.63, 3.8) is 0 Å². The van der Waals surface area contributed by atoms with Crippen LogP contribution in [-0.4, -0.2) is 53.2 Å². The normalized spacial score (nSPS) is 22.1. The second-order valence-electron chi connectivity index (χ2n) is 5.09. The van der Waals surface area contributed by atoms with Gasteiger partial charge in [0.1, 0.15) is 0 Å². The standard InChI is InChI=1S/C15H17N3O2/c1-18(12-8-16-9-13(12)19)15(20)11-6-2-4-10-5-3-7-17-14(10)11/h2-7,12-13,16,19H,8-9H2,1H3/t12-,13-/m0/s1. The number of fused-ring (bicyclic) bond motifs is 1. The molecule has 3 rings (SSSR count). The van der Waals surface area contributed by atoms with Gasteiger partial charge in [-0.2, -0.15) is 0 Å². The van der Waals surface area contributed by atoms with Crippen LogP contribution in [0.5, 0.6) is 0 Å². The topological polar surface area (TPSA) is 65.5 Å². The van der Waals surface area contributed by atoms with Gasteiger partial charge in [-0.25, -0.2) is 0 Å². The van der Waals surface area contributed by atoms with Crippen LogP contribution in [0.4, 0.5) is 0 Å². The Bertz CT molecular complexity index is 639. The van der Waals surface area contributed by atoms with E-state index in [2.05, 4.69) is 10.3 Å². The summed E-state index contributed by atoms with van der Waals surface area (Å²) in [6.07, 6.45) is 1.16. The van der Waals surface area contributed by atoms with Crippen molar-refractivity contribution in [2.45, 2.75) is 12.1 Å². The number of β-amino-alcohol motifs (C(OH)–C–C–N with tert-alkyl or cyclic N) is 1. The lowest BCUT2D eigenvalue weighted by Gasteiger charge is -2.26. The van der Waals surface area contributed by atoms with Gasteiger partial charge >= 0.3 is 0 Å². The Hall–Kier alpha value is -1.98. The van der Waals surface area contributed by atoms with Crippen molar-refractivity contribution in [1.29, 1.82) is 0 Å². The summed E-state index contributed by atoms with van der Waals surface area (Å²) >= 11 is 0. The van der Waals surface area contributed by atoms with Crippen molar-refractivity contribution in [2.24, 2.45) is 0 Å². The maximum atomic E-state index is 12.6. The Labute approximate surface area is 117 Å². The first-order chi connectivity index (χ1) is 9.68. The highest BCUT2D eigenvalue weighted by atomic mass is 16.3. The van der Waals surface area contributed by atoms with Crippen LogP contribution in [0, 0.1) is 0 Å². The number of amides is 1. The fourth-order valence-electron chi connectivity index (χ4n) is 2.66. The zero-order chi connectivity index (χ0) is 14.1. The molecule has 0 spiro atoms. The number of aliphatic hydroxyl groups is 1. The van der Waals surface area contributed by atoms with Gasteiger partial charge in [-0.1, -0.05) is 18.2 Å². The minimum absolute atomic E-state index is 0.109. The molecule has 0 radical (unpaired) electrons. The van der Waals surface area contributed by atoms with E-state index in [4.69, 9.17) is 0 Å². The van der Waals surface area contributed by atoms with Crippen LogP contribution in [0.3, 0.4) is 0 Å². The van der Waals surface area contributed by atoms with E-state index in [0.717, 1.165) is 5.39 Å². The van der Waals surface area contributed by atoms with Gasteiger partial charge in [0.25, 0.3) is 5.91 Å². The Morgan fingerprint density at radius 1 is 1.35 bits per heavy atom. The predicted molar refractivity (Wildman–Crippen MR) is 76.5 cm³/mol. The lowest BCUT2D eigenvalue weighted by atomic mass is 10.1. The molecule has 1 aliphatic heterocycles. The number of carbonyl (C=O) groups excluding carboxylic acids is 1. The zero-order valence-electron chi connectivity index (χ0n) is 11.3. The summed E-state index contributed by atoms with van der Waals surface area (Å²) in [6, 6.07) is 9.17. The van der Waals surface area contributed by atoms with E-state index in [9.17, 15) is 9.90 Å². The van der Waals surface area contributed by atoms with E-state index >= 15 is 0 Å². The fourth-order valence-corrected chi connectivity index (χ4v) is 2.66. The first kappa shape index (κ1) is 13.0. The number of nitrogens with one attached hydrogen (secondary N) is 1. The molecule has 1 aliphatic rings. The van der Waals surface area contributed by atoms with Crippen LogP contribution < -0.4 is 5.32 Å². The van der Waals surface area contributed by atoms with E-state index < -0.39 is 6.10 Å². The van der Waals surface area contributed by atoms with E-state index in [1.807, 2.05) is 24.3 Å². The summed E-state index contributed by atoms with van der Waals surface area (Å²) in [7, 11) is 1.73. The number of likely N-dealkylation sites (N-methyl/N-ethyl adjacent to an activating group) is 1. The maximum absolute atomic E-state index is 12.6. The van der Waals surface area contributed by atoms with Crippen LogP contribution >= 0.6 is 0 Å². The van der Waals surface area contributed by atoms with Gasteiger partial charge in [0.2, 0.25) is 0 Å². The van der Waals surface area contributed by atoms with Gasteiger partial charge in [0.15, 0.2) is 0 Å². The monoisotopic (exact) mass is 271 g/mol. The first-order valence-corrected chi connectivity index (χ1v) is 6.68. The number of hydrogen-bond donors (Lipinski definition) is 2. The van der Waals surface area contributed by atoms with Gasteiger partial charge in [-0.05, 0) is 12.1 Å². The van der Waals surface area contributed by atoms with Gasteiger partial charge < -0.3 is 15.3 Å². The molecule has 5 nitrogen and oxygen atoms in total. The first-order valence-electron chi connectivity index (χ1n) is 6.68. The highest BCUT2D eigenvalue weighted by Gasteiger charge is 2.32. The van der Waals surface area contributed by atoms with Crippen molar-refractivity contribution < 1.29 is 9.90 Å². The Morgan fingerprint density at radius 2 is 2.15 bits per heavy atom. The van der Waals surface area contributed by atoms with Crippen LogP contribution in [0.1, 0.15) is 10.4 Å². The summed E-state index contributed by atoms with van der Waals surface area (Å²) in [5, 5.41) is 13.9. The van der Waals surface area contributed by atoms with Crippen molar-refractivity contribution in [3.8, 4) is 0 Å². The van der Waals surface area contributed by atoms with E-state index in [1.54, 1.807) is 24.2 Å². The largest absolute Gasteiger partial charge is 0.390 e. The van der Waals surface area contributed by atoms with Crippen molar-refractivity contribution in [2.75, 3.05) is 20.1 Å². The zero-order valence-corrected chi connectivity index (χ0v) is 11.3. The molecule has 1 amide bonds. The van der Waals surface area contributed by atoms with Crippen LogP contribution in [0.2, 0.25) is 0 Å². The molecule has 0 unspecified atom stereocenters. The van der Waals surface area contributed by atoms with Gasteiger partial charge in [-0.15, -0.1) is 0 Å². The summed E-state index contributed by atoms with van der Waals surface area (Å²) in [5.41, 5.74) is 1.27. The average molecular weight is 271 g/mol. The second kappa shape index (κ2) is 5.19. The lowest BCUT2D eigenvalue weighted by Crippen LogP contribution is -2.44. The molecule has 104 valence electrons. The lowest BCUT2D eigenvalue weighted by molar-refractivity contribution is 0.0583. The average Bonchev–Trinajstić information content (AvgIpc) is 2.91. The molecule has 2 heterocycles. The van der Waals surface area contributed by atoms with Crippen LogP contribution in [0.25, 0.3) is 10.9 Å². The molecule has 1 aromatic heterocycles. The molecular weight excluding hydrogens is 254 g/mol. The third-order valence-electron chi connectivity index (χ3n) is 3.83. The Morgan fingerprint density at radius 3 is 2.90 bits per heavy atom. The molecule has 5 heteroatoms. The summed E-state index contributed by atoms with van der Waals surface area (Å²) in [4.78, 5) is 18.5. The van der Waals surface area contributed by atoms with Gasteiger partial charge in [0, 0.05) is 31.7 Å². The molecule has 20 heavy (non-hydrogen) atoms. The minimum atomic E-state index is -0.521. The number of nitrogens with zero attached hydrogens (tertiary/aromatic N) is 2. The third-order valence-corrected chi connectivity index (χ3v) is 3.83. The number of rotatable bonds is 2. The molecule has 0 bridgehead atoms. The Kier molecular flexibility index (Phi) is 3.38. The molecule has 2 atom stereocenters. The molecule has 1 fully saturated rings. The van der Waals surface area contributed by atoms with Crippen LogP contribution in [0.15, 0.2) is 36.5 Å². The smallest absolute Gasteiger partial charge is 0.256 e. The highest BCUT2D eigenvalue weighted by molar-refractivity contribution is 6.05. The van der Waals surface area contributed by atoms with Crippen molar-refractivity contribution in [1.82, 2.24) is 15.2 Å². The molecule has 1 saturated heterocycles. The van der Waals surface area contributed by atoms with E-state index in [-0.39, 0.29) is 11.9 Å². The molecule has 2 N–H and O–H groups in total. The number of aromatic nitrogens is 1. The molecule has 2 aromatic rings. The SMILES string of the molecule is CN(C(=O)c1cccc2cccnc12)[C@H]1CNC[C@@H]1O. The number of pyridine rings is 1. The fraction of sp³-hybridized carbons (Fsp3) is 0.333. The van der Waals surface area contributed by atoms with E-state index in [1.165, 1.54) is 0 Å². The number of aliphatic hydroxyl groups excluding tert-OH is 1. The van der Waals surface area contributed by atoms with Gasteiger partial charge in [0.05, 0.1) is 23.2 Å². The molecule has 0 aliphatic carbocycles. The third kappa shape index (κ3) is 2.15. The number of para-hydroxylation sites is 1. The molecule has 0 saturated carbocycles. The van der Waals surface area contributed by atoms with Crippen molar-refractivity contribution >= 4 is 16.8 Å². The highest BCUT2D eigenvalue weighted by Crippen LogP contribution is 2.19. The summed E-state index contributed by atoms with van der Waals surface area (Å²) < 4.78 is 0. The van der Waals surface area contributed by atoms with Crippen LogP contribution in [-0.2, 0) is 0 Å². The van der Waals surface area contributed by atoms with Crippen molar-refractivity contribution in [3.05, 3.63) is 42.1 Å². The molecular formula is C15H17N3O2. The number of carbonyl (C=O) groups is 1. The second-order valence-corrected chi connectivity index (χ2v) is 5.09. The summed E-state index contributed by atoms with van der Waals surface area (Å²) in [6.45, 7) is 1.14. The number of benzene rings is 1. The maximum Gasteiger partial charge on any atom is 0.256 e. The molecule has 1 aromatic carbocycles. The number of hydrogen-bond acceptors (Lipinski definition) is 4. The van der Waals surface area contributed by atoms with Gasteiger partial charge in [-0.3, -0.25) is 9.78 Å².